The molecule has 0 unspecified atom stereocenters. The second-order valence-corrected chi connectivity index (χ2v) is 4.34. The topological polar surface area (TPSA) is 41.1 Å². The second kappa shape index (κ2) is 6.45. The van der Waals surface area contributed by atoms with Crippen molar-refractivity contribution in [2.75, 3.05) is 18.4 Å². The Morgan fingerprint density at radius 1 is 1.56 bits per heavy atom. The van der Waals surface area contributed by atoms with Gasteiger partial charge in [0.2, 0.25) is 5.91 Å². The second-order valence-electron chi connectivity index (χ2n) is 3.43. The molecule has 0 spiro atoms. The SMILES string of the molecule is C=CCNCC(=O)Nc1cc(Br)ccc1C. The van der Waals surface area contributed by atoms with Gasteiger partial charge in [0.25, 0.3) is 0 Å². The number of aryl methyl sites for hydroxylation is 1. The van der Waals surface area contributed by atoms with Gasteiger partial charge in [-0.2, -0.15) is 0 Å². The molecule has 86 valence electrons. The minimum Gasteiger partial charge on any atom is -0.325 e. The summed E-state index contributed by atoms with van der Waals surface area (Å²) in [7, 11) is 0. The molecule has 0 aliphatic carbocycles. The van der Waals surface area contributed by atoms with E-state index in [1.807, 2.05) is 25.1 Å². The Labute approximate surface area is 104 Å². The zero-order valence-corrected chi connectivity index (χ0v) is 10.8. The third kappa shape index (κ3) is 4.16. The van der Waals surface area contributed by atoms with Gasteiger partial charge in [-0.15, -0.1) is 6.58 Å². The number of carbonyl (C=O) groups excluding carboxylic acids is 1. The van der Waals surface area contributed by atoms with Crippen molar-refractivity contribution in [1.82, 2.24) is 5.32 Å². The van der Waals surface area contributed by atoms with Crippen LogP contribution in [-0.4, -0.2) is 19.0 Å². The van der Waals surface area contributed by atoms with Crippen molar-refractivity contribution in [3.8, 4) is 0 Å². The van der Waals surface area contributed by atoms with Gasteiger partial charge in [-0.1, -0.05) is 28.1 Å². The monoisotopic (exact) mass is 282 g/mol. The molecule has 0 saturated carbocycles. The molecule has 0 bridgehead atoms. The molecule has 4 heteroatoms. The summed E-state index contributed by atoms with van der Waals surface area (Å²) in [6.45, 7) is 6.44. The number of carbonyl (C=O) groups is 1. The predicted molar refractivity (Wildman–Crippen MR) is 70.6 cm³/mol. The smallest absolute Gasteiger partial charge is 0.238 e. The highest BCUT2D eigenvalue weighted by Crippen LogP contribution is 2.20. The van der Waals surface area contributed by atoms with Crippen LogP contribution in [0.15, 0.2) is 35.3 Å². The van der Waals surface area contributed by atoms with E-state index in [4.69, 9.17) is 0 Å². The zero-order valence-electron chi connectivity index (χ0n) is 9.22. The van der Waals surface area contributed by atoms with E-state index in [9.17, 15) is 4.79 Å². The molecule has 2 N–H and O–H groups in total. The van der Waals surface area contributed by atoms with E-state index >= 15 is 0 Å². The molecular formula is C12H15BrN2O. The van der Waals surface area contributed by atoms with E-state index in [2.05, 4.69) is 33.1 Å². The van der Waals surface area contributed by atoms with Crippen molar-refractivity contribution in [2.24, 2.45) is 0 Å². The first-order valence-electron chi connectivity index (χ1n) is 5.01. The van der Waals surface area contributed by atoms with E-state index in [-0.39, 0.29) is 12.5 Å². The highest BCUT2D eigenvalue weighted by Gasteiger charge is 2.04. The third-order valence-corrected chi connectivity index (χ3v) is 2.54. The Morgan fingerprint density at radius 3 is 3.00 bits per heavy atom. The quantitative estimate of drug-likeness (QED) is 0.644. The molecule has 0 heterocycles. The minimum absolute atomic E-state index is 0.0527. The van der Waals surface area contributed by atoms with Crippen LogP contribution in [0.4, 0.5) is 5.69 Å². The van der Waals surface area contributed by atoms with Gasteiger partial charge in [0.15, 0.2) is 0 Å². The van der Waals surface area contributed by atoms with Crippen molar-refractivity contribution in [3.05, 3.63) is 40.9 Å². The summed E-state index contributed by atoms with van der Waals surface area (Å²) in [6.07, 6.45) is 1.72. The fourth-order valence-electron chi connectivity index (χ4n) is 1.21. The highest BCUT2D eigenvalue weighted by atomic mass is 79.9. The van der Waals surface area contributed by atoms with Crippen LogP contribution in [0.1, 0.15) is 5.56 Å². The van der Waals surface area contributed by atoms with E-state index in [0.717, 1.165) is 15.7 Å². The maximum Gasteiger partial charge on any atom is 0.238 e. The molecular weight excluding hydrogens is 268 g/mol. The third-order valence-electron chi connectivity index (χ3n) is 2.05. The molecule has 0 radical (unpaired) electrons. The summed E-state index contributed by atoms with van der Waals surface area (Å²) >= 11 is 3.37. The number of halogens is 1. The van der Waals surface area contributed by atoms with Gasteiger partial charge in [0, 0.05) is 16.7 Å². The lowest BCUT2D eigenvalue weighted by molar-refractivity contribution is -0.115. The standard InChI is InChI=1S/C12H15BrN2O/c1-3-6-14-8-12(16)15-11-7-10(13)5-4-9(11)2/h3-5,7,14H,1,6,8H2,2H3,(H,15,16). The largest absolute Gasteiger partial charge is 0.325 e. The van der Waals surface area contributed by atoms with Crippen LogP contribution >= 0.6 is 15.9 Å². The van der Waals surface area contributed by atoms with Gasteiger partial charge >= 0.3 is 0 Å². The molecule has 1 aromatic carbocycles. The maximum atomic E-state index is 11.5. The Kier molecular flexibility index (Phi) is 5.22. The van der Waals surface area contributed by atoms with Gasteiger partial charge in [-0.25, -0.2) is 0 Å². The van der Waals surface area contributed by atoms with E-state index in [1.165, 1.54) is 0 Å². The van der Waals surface area contributed by atoms with Crippen LogP contribution < -0.4 is 10.6 Å². The van der Waals surface area contributed by atoms with E-state index in [0.29, 0.717) is 6.54 Å². The average Bonchev–Trinajstić information content (AvgIpc) is 2.24. The number of anilines is 1. The Bertz CT molecular complexity index is 391. The molecule has 0 aliphatic rings. The summed E-state index contributed by atoms with van der Waals surface area (Å²) < 4.78 is 0.951. The molecule has 0 aromatic heterocycles. The van der Waals surface area contributed by atoms with Crippen LogP contribution in [0.5, 0.6) is 0 Å². The van der Waals surface area contributed by atoms with Crippen LogP contribution in [0.2, 0.25) is 0 Å². The Morgan fingerprint density at radius 2 is 2.31 bits per heavy atom. The van der Waals surface area contributed by atoms with Gasteiger partial charge in [0.1, 0.15) is 0 Å². The van der Waals surface area contributed by atoms with Gasteiger partial charge < -0.3 is 10.6 Å². The fraction of sp³-hybridized carbons (Fsp3) is 0.250. The lowest BCUT2D eigenvalue weighted by Crippen LogP contribution is -2.28. The predicted octanol–water partition coefficient (Wildman–Crippen LogP) is 2.47. The van der Waals surface area contributed by atoms with Crippen LogP contribution in [-0.2, 0) is 4.79 Å². The lowest BCUT2D eigenvalue weighted by atomic mass is 10.2. The molecule has 3 nitrogen and oxygen atoms in total. The Hall–Kier alpha value is -1.13. The number of hydrogen-bond donors (Lipinski definition) is 2. The van der Waals surface area contributed by atoms with Crippen LogP contribution in [0.25, 0.3) is 0 Å². The summed E-state index contributed by atoms with van der Waals surface area (Å²) in [5, 5.41) is 5.79. The molecule has 1 rings (SSSR count). The highest BCUT2D eigenvalue weighted by molar-refractivity contribution is 9.10. The zero-order chi connectivity index (χ0) is 12.0. The fourth-order valence-corrected chi connectivity index (χ4v) is 1.57. The van der Waals surface area contributed by atoms with Crippen molar-refractivity contribution in [2.45, 2.75) is 6.92 Å². The molecule has 0 saturated heterocycles. The molecule has 16 heavy (non-hydrogen) atoms. The van der Waals surface area contributed by atoms with Gasteiger partial charge in [-0.05, 0) is 24.6 Å². The molecule has 0 atom stereocenters. The van der Waals surface area contributed by atoms with Crippen molar-refractivity contribution >= 4 is 27.5 Å². The Balaban J connectivity index is 2.55. The number of hydrogen-bond acceptors (Lipinski definition) is 2. The van der Waals surface area contributed by atoms with E-state index < -0.39 is 0 Å². The van der Waals surface area contributed by atoms with Crippen LogP contribution in [0, 0.1) is 6.92 Å². The van der Waals surface area contributed by atoms with Crippen molar-refractivity contribution < 1.29 is 4.79 Å². The van der Waals surface area contributed by atoms with Gasteiger partial charge in [-0.3, -0.25) is 4.79 Å². The average molecular weight is 283 g/mol. The number of amides is 1. The minimum atomic E-state index is -0.0527. The first-order chi connectivity index (χ1) is 7.63. The normalized spacial score (nSPS) is 9.88. The van der Waals surface area contributed by atoms with E-state index in [1.54, 1.807) is 6.08 Å². The lowest BCUT2D eigenvalue weighted by Gasteiger charge is -2.08. The summed E-state index contributed by atoms with van der Waals surface area (Å²) in [5.41, 5.74) is 1.88. The van der Waals surface area contributed by atoms with Gasteiger partial charge in [0.05, 0.1) is 6.54 Å². The summed E-state index contributed by atoms with van der Waals surface area (Å²) in [4.78, 5) is 11.5. The molecule has 0 fully saturated rings. The molecule has 1 amide bonds. The first kappa shape index (κ1) is 12.9. The molecule has 1 aromatic rings. The maximum absolute atomic E-state index is 11.5. The summed E-state index contributed by atoms with van der Waals surface area (Å²) in [6, 6.07) is 5.79. The first-order valence-corrected chi connectivity index (χ1v) is 5.80. The van der Waals surface area contributed by atoms with Crippen molar-refractivity contribution in [1.29, 1.82) is 0 Å². The molecule has 0 aliphatic heterocycles. The number of benzene rings is 1. The number of rotatable bonds is 5. The summed E-state index contributed by atoms with van der Waals surface area (Å²) in [5.74, 6) is -0.0527. The number of nitrogens with one attached hydrogen (secondary N) is 2. The van der Waals surface area contributed by atoms with Crippen LogP contribution in [0.3, 0.4) is 0 Å². The van der Waals surface area contributed by atoms with Crippen molar-refractivity contribution in [3.63, 3.8) is 0 Å².